The lowest BCUT2D eigenvalue weighted by Gasteiger charge is -2.40. The minimum Gasteiger partial charge on any atom is -0.326 e. The van der Waals surface area contributed by atoms with Gasteiger partial charge in [0.1, 0.15) is 5.82 Å². The van der Waals surface area contributed by atoms with Gasteiger partial charge in [-0.1, -0.05) is 24.6 Å². The molecule has 2 aromatic rings. The van der Waals surface area contributed by atoms with E-state index in [-0.39, 0.29) is 17.6 Å². The number of rotatable bonds is 4. The Bertz CT molecular complexity index is 811. The molecule has 25 heavy (non-hydrogen) atoms. The molecule has 0 aliphatic heterocycles. The van der Waals surface area contributed by atoms with Crippen LogP contribution in [-0.4, -0.2) is 11.8 Å². The lowest BCUT2D eigenvalue weighted by atomic mass is 9.63. The van der Waals surface area contributed by atoms with Crippen LogP contribution in [-0.2, 0) is 15.0 Å². The Balaban J connectivity index is 1.86. The van der Waals surface area contributed by atoms with Gasteiger partial charge in [0.25, 0.3) is 0 Å². The largest absolute Gasteiger partial charge is 0.326 e. The fourth-order valence-corrected chi connectivity index (χ4v) is 3.28. The highest BCUT2D eigenvalue weighted by molar-refractivity contribution is 6.01. The molecule has 0 aromatic heterocycles. The van der Waals surface area contributed by atoms with Crippen molar-refractivity contribution >= 4 is 23.2 Å². The number of hydrogen-bond donors (Lipinski definition) is 2. The fraction of sp³-hybridized carbons (Fsp3) is 0.300. The van der Waals surface area contributed by atoms with E-state index in [2.05, 4.69) is 10.6 Å². The SMILES string of the molecule is CC(=O)Nc1cccc(NC(=O)C2(c3ccc(F)cc3)CCC2)c1C. The maximum absolute atomic E-state index is 13.2. The Morgan fingerprint density at radius 3 is 2.12 bits per heavy atom. The van der Waals surface area contributed by atoms with Crippen LogP contribution in [0.5, 0.6) is 0 Å². The van der Waals surface area contributed by atoms with Gasteiger partial charge >= 0.3 is 0 Å². The number of halogens is 1. The summed E-state index contributed by atoms with van der Waals surface area (Å²) in [7, 11) is 0. The number of amides is 2. The minimum absolute atomic E-state index is 0.0894. The molecule has 2 N–H and O–H groups in total. The van der Waals surface area contributed by atoms with Crippen LogP contribution in [0.15, 0.2) is 42.5 Å². The molecule has 1 aliphatic carbocycles. The van der Waals surface area contributed by atoms with E-state index in [1.54, 1.807) is 24.3 Å². The maximum atomic E-state index is 13.2. The van der Waals surface area contributed by atoms with E-state index < -0.39 is 5.41 Å². The highest BCUT2D eigenvalue weighted by Crippen LogP contribution is 2.45. The average molecular weight is 340 g/mol. The third kappa shape index (κ3) is 3.27. The van der Waals surface area contributed by atoms with Gasteiger partial charge in [0.2, 0.25) is 11.8 Å². The molecule has 4 nitrogen and oxygen atoms in total. The van der Waals surface area contributed by atoms with E-state index in [1.165, 1.54) is 19.1 Å². The summed E-state index contributed by atoms with van der Waals surface area (Å²) < 4.78 is 13.2. The number of hydrogen-bond acceptors (Lipinski definition) is 2. The Hall–Kier alpha value is -2.69. The lowest BCUT2D eigenvalue weighted by Crippen LogP contribution is -2.46. The molecule has 0 radical (unpaired) electrons. The van der Waals surface area contributed by atoms with E-state index in [0.717, 1.165) is 30.4 Å². The topological polar surface area (TPSA) is 58.2 Å². The zero-order valence-electron chi connectivity index (χ0n) is 14.4. The van der Waals surface area contributed by atoms with Gasteiger partial charge in [-0.05, 0) is 55.2 Å². The monoisotopic (exact) mass is 340 g/mol. The molecular formula is C20H21FN2O2. The van der Waals surface area contributed by atoms with Gasteiger partial charge in [0, 0.05) is 18.3 Å². The number of nitrogens with one attached hydrogen (secondary N) is 2. The summed E-state index contributed by atoms with van der Waals surface area (Å²) in [5.74, 6) is -0.556. The first-order chi connectivity index (χ1) is 11.9. The number of anilines is 2. The second-order valence-electron chi connectivity index (χ2n) is 6.56. The lowest BCUT2D eigenvalue weighted by molar-refractivity contribution is -0.124. The summed E-state index contributed by atoms with van der Waals surface area (Å²) in [5, 5.41) is 5.76. The summed E-state index contributed by atoms with van der Waals surface area (Å²) in [6.07, 6.45) is 2.46. The molecule has 1 saturated carbocycles. The third-order valence-corrected chi connectivity index (χ3v) is 4.93. The van der Waals surface area contributed by atoms with Crippen molar-refractivity contribution in [2.75, 3.05) is 10.6 Å². The Labute approximate surface area is 146 Å². The van der Waals surface area contributed by atoms with Crippen molar-refractivity contribution in [1.29, 1.82) is 0 Å². The predicted molar refractivity (Wildman–Crippen MR) is 96.0 cm³/mol. The van der Waals surface area contributed by atoms with Gasteiger partial charge in [0.15, 0.2) is 0 Å². The standard InChI is InChI=1S/C20H21FN2O2/c1-13-17(22-14(2)24)5-3-6-18(13)23-19(25)20(11-4-12-20)15-7-9-16(21)10-8-15/h3,5-10H,4,11-12H2,1-2H3,(H,22,24)(H,23,25). The highest BCUT2D eigenvalue weighted by Gasteiger charge is 2.45. The van der Waals surface area contributed by atoms with Crippen LogP contribution in [0, 0.1) is 12.7 Å². The van der Waals surface area contributed by atoms with Crippen LogP contribution in [0.1, 0.15) is 37.3 Å². The normalized spacial score (nSPS) is 15.2. The van der Waals surface area contributed by atoms with Gasteiger partial charge in [-0.2, -0.15) is 0 Å². The number of carbonyl (C=O) groups is 2. The summed E-state index contributed by atoms with van der Waals surface area (Å²) in [4.78, 5) is 24.3. The molecule has 0 heterocycles. The Morgan fingerprint density at radius 2 is 1.60 bits per heavy atom. The molecule has 0 spiro atoms. The van der Waals surface area contributed by atoms with Gasteiger partial charge in [-0.15, -0.1) is 0 Å². The molecule has 2 aromatic carbocycles. The molecule has 0 saturated heterocycles. The van der Waals surface area contributed by atoms with Crippen LogP contribution in [0.25, 0.3) is 0 Å². The molecule has 5 heteroatoms. The molecule has 130 valence electrons. The molecule has 1 fully saturated rings. The van der Waals surface area contributed by atoms with E-state index in [4.69, 9.17) is 0 Å². The van der Waals surface area contributed by atoms with E-state index in [1.807, 2.05) is 13.0 Å². The first kappa shape index (κ1) is 17.1. The van der Waals surface area contributed by atoms with Crippen LogP contribution in [0.2, 0.25) is 0 Å². The molecule has 0 unspecified atom stereocenters. The van der Waals surface area contributed by atoms with Crippen molar-refractivity contribution in [2.45, 2.75) is 38.5 Å². The summed E-state index contributed by atoms with van der Waals surface area (Å²) >= 11 is 0. The van der Waals surface area contributed by atoms with E-state index in [9.17, 15) is 14.0 Å². The first-order valence-corrected chi connectivity index (χ1v) is 8.37. The second-order valence-corrected chi connectivity index (χ2v) is 6.56. The highest BCUT2D eigenvalue weighted by atomic mass is 19.1. The zero-order valence-corrected chi connectivity index (χ0v) is 14.4. The summed E-state index contributed by atoms with van der Waals surface area (Å²) in [6, 6.07) is 11.6. The number of benzene rings is 2. The molecule has 1 aliphatic rings. The molecule has 0 bridgehead atoms. The second kappa shape index (κ2) is 6.67. The van der Waals surface area contributed by atoms with Gasteiger partial charge in [-0.3, -0.25) is 9.59 Å². The van der Waals surface area contributed by atoms with Crippen molar-refractivity contribution < 1.29 is 14.0 Å². The quantitative estimate of drug-likeness (QED) is 0.878. The van der Waals surface area contributed by atoms with Crippen LogP contribution < -0.4 is 10.6 Å². The molecule has 3 rings (SSSR count). The summed E-state index contributed by atoms with van der Waals surface area (Å²) in [6.45, 7) is 3.30. The molecule has 0 atom stereocenters. The van der Waals surface area contributed by atoms with Gasteiger partial charge < -0.3 is 10.6 Å². The smallest absolute Gasteiger partial charge is 0.235 e. The Kier molecular flexibility index (Phi) is 4.57. The third-order valence-electron chi connectivity index (χ3n) is 4.93. The average Bonchev–Trinajstić information content (AvgIpc) is 2.51. The van der Waals surface area contributed by atoms with E-state index in [0.29, 0.717) is 11.4 Å². The van der Waals surface area contributed by atoms with E-state index >= 15 is 0 Å². The Morgan fingerprint density at radius 1 is 1.00 bits per heavy atom. The molecule has 2 amide bonds. The van der Waals surface area contributed by atoms with Crippen LogP contribution >= 0.6 is 0 Å². The van der Waals surface area contributed by atoms with Crippen molar-refractivity contribution in [1.82, 2.24) is 0 Å². The number of carbonyl (C=O) groups excluding carboxylic acids is 2. The maximum Gasteiger partial charge on any atom is 0.235 e. The van der Waals surface area contributed by atoms with Gasteiger partial charge in [-0.25, -0.2) is 4.39 Å². The zero-order chi connectivity index (χ0) is 18.0. The minimum atomic E-state index is -0.607. The van der Waals surface area contributed by atoms with Gasteiger partial charge in [0.05, 0.1) is 5.41 Å². The fourth-order valence-electron chi connectivity index (χ4n) is 3.28. The van der Waals surface area contributed by atoms with Crippen molar-refractivity contribution in [3.05, 3.63) is 59.4 Å². The molecular weight excluding hydrogens is 319 g/mol. The van der Waals surface area contributed by atoms with Crippen molar-refractivity contribution in [3.8, 4) is 0 Å². The van der Waals surface area contributed by atoms with Crippen LogP contribution in [0.3, 0.4) is 0 Å². The predicted octanol–water partition coefficient (Wildman–Crippen LogP) is 4.15. The van der Waals surface area contributed by atoms with Crippen molar-refractivity contribution in [2.24, 2.45) is 0 Å². The first-order valence-electron chi connectivity index (χ1n) is 8.37. The van der Waals surface area contributed by atoms with Crippen molar-refractivity contribution in [3.63, 3.8) is 0 Å². The van der Waals surface area contributed by atoms with Crippen LogP contribution in [0.4, 0.5) is 15.8 Å². The summed E-state index contributed by atoms with van der Waals surface area (Å²) in [5.41, 5.74) is 2.39.